The SMILES string of the molecule is CCOc1ccccc1NC(=O)CC1CSc2nc3c(cnn3-c3ccc(Cl)cc3)c(=O)n21. The fraction of sp³-hybridized carbons (Fsp3) is 0.217. The van der Waals surface area contributed by atoms with E-state index in [4.69, 9.17) is 21.3 Å². The predicted octanol–water partition coefficient (Wildman–Crippen LogP) is 4.31. The van der Waals surface area contributed by atoms with Gasteiger partial charge in [0.15, 0.2) is 10.8 Å². The molecule has 33 heavy (non-hydrogen) atoms. The van der Waals surface area contributed by atoms with E-state index in [2.05, 4.69) is 10.4 Å². The molecular weight excluding hydrogens is 462 g/mol. The third kappa shape index (κ3) is 4.09. The van der Waals surface area contributed by atoms with Gasteiger partial charge >= 0.3 is 0 Å². The number of hydrogen-bond acceptors (Lipinski definition) is 6. The van der Waals surface area contributed by atoms with E-state index in [9.17, 15) is 9.59 Å². The largest absolute Gasteiger partial charge is 0.492 e. The Morgan fingerprint density at radius 2 is 2.03 bits per heavy atom. The molecule has 1 aliphatic rings. The fourth-order valence-corrected chi connectivity index (χ4v) is 5.08. The Morgan fingerprint density at radius 1 is 1.24 bits per heavy atom. The van der Waals surface area contributed by atoms with E-state index >= 15 is 0 Å². The highest BCUT2D eigenvalue weighted by atomic mass is 35.5. The number of rotatable bonds is 6. The molecule has 168 valence electrons. The number of aromatic nitrogens is 4. The molecule has 2 aromatic heterocycles. The van der Waals surface area contributed by atoms with Crippen molar-refractivity contribution in [2.24, 2.45) is 0 Å². The van der Waals surface area contributed by atoms with E-state index in [1.54, 1.807) is 27.4 Å². The number of benzene rings is 2. The zero-order chi connectivity index (χ0) is 22.9. The molecule has 0 spiro atoms. The summed E-state index contributed by atoms with van der Waals surface area (Å²) in [6, 6.07) is 14.2. The number of halogens is 1. The van der Waals surface area contributed by atoms with Gasteiger partial charge in [-0.2, -0.15) is 5.10 Å². The summed E-state index contributed by atoms with van der Waals surface area (Å²) in [5, 5.41) is 8.87. The van der Waals surface area contributed by atoms with Crippen molar-refractivity contribution < 1.29 is 9.53 Å². The van der Waals surface area contributed by atoms with Gasteiger partial charge in [-0.3, -0.25) is 14.2 Å². The van der Waals surface area contributed by atoms with Gasteiger partial charge in [0.05, 0.1) is 30.2 Å². The number of nitrogens with zero attached hydrogens (tertiary/aromatic N) is 4. The fourth-order valence-electron chi connectivity index (χ4n) is 3.82. The Balaban J connectivity index is 1.42. The Hall–Kier alpha value is -3.30. The van der Waals surface area contributed by atoms with Crippen molar-refractivity contribution in [3.63, 3.8) is 0 Å². The molecule has 1 N–H and O–H groups in total. The van der Waals surface area contributed by atoms with E-state index in [1.165, 1.54) is 18.0 Å². The van der Waals surface area contributed by atoms with Crippen molar-refractivity contribution in [2.45, 2.75) is 24.5 Å². The number of nitrogens with one attached hydrogen (secondary N) is 1. The van der Waals surface area contributed by atoms with E-state index < -0.39 is 0 Å². The molecule has 8 nitrogen and oxygen atoms in total. The van der Waals surface area contributed by atoms with Crippen LogP contribution in [0, 0.1) is 0 Å². The number of amides is 1. The molecule has 0 saturated carbocycles. The van der Waals surface area contributed by atoms with Gasteiger partial charge < -0.3 is 10.1 Å². The molecule has 0 radical (unpaired) electrons. The van der Waals surface area contributed by atoms with Crippen molar-refractivity contribution >= 4 is 46.0 Å². The molecule has 1 unspecified atom stereocenters. The number of anilines is 1. The molecule has 0 aliphatic carbocycles. The standard InChI is InChI=1S/C23H20ClN5O3S/c1-2-32-19-6-4-3-5-18(19)26-20(30)11-16-13-33-23-27-21-17(22(31)28(16)23)12-25-29(21)15-9-7-14(24)8-10-15/h3-10,12,16H,2,11,13H2,1H3,(H,26,30). The molecule has 10 heteroatoms. The van der Waals surface area contributed by atoms with Crippen LogP contribution < -0.4 is 15.6 Å². The van der Waals surface area contributed by atoms with Crippen molar-refractivity contribution in [3.8, 4) is 11.4 Å². The first-order valence-corrected chi connectivity index (χ1v) is 11.8. The summed E-state index contributed by atoms with van der Waals surface area (Å²) in [5.41, 5.74) is 1.66. The van der Waals surface area contributed by atoms with Crippen molar-refractivity contribution in [3.05, 3.63) is 70.1 Å². The number of carbonyl (C=O) groups excluding carboxylic acids is 1. The highest BCUT2D eigenvalue weighted by Crippen LogP contribution is 2.34. The van der Waals surface area contributed by atoms with Gasteiger partial charge in [-0.15, -0.1) is 0 Å². The predicted molar refractivity (Wildman–Crippen MR) is 129 cm³/mol. The molecule has 0 bridgehead atoms. The maximum absolute atomic E-state index is 13.3. The van der Waals surface area contributed by atoms with Crippen LogP contribution >= 0.6 is 23.4 Å². The summed E-state index contributed by atoms with van der Waals surface area (Å²) in [5.74, 6) is 1.01. The van der Waals surface area contributed by atoms with E-state index in [0.717, 1.165) is 5.69 Å². The Bertz CT molecular complexity index is 1400. The van der Waals surface area contributed by atoms with Gasteiger partial charge in [0, 0.05) is 17.2 Å². The van der Waals surface area contributed by atoms with Gasteiger partial charge in [0.2, 0.25) is 5.91 Å². The summed E-state index contributed by atoms with van der Waals surface area (Å²) in [6.07, 6.45) is 1.67. The number of thioether (sulfide) groups is 1. The van der Waals surface area contributed by atoms with E-state index in [-0.39, 0.29) is 23.9 Å². The van der Waals surface area contributed by atoms with Crippen LogP contribution in [-0.2, 0) is 4.79 Å². The maximum Gasteiger partial charge on any atom is 0.265 e. The van der Waals surface area contributed by atoms with E-state index in [0.29, 0.717) is 45.0 Å². The number of carbonyl (C=O) groups is 1. The molecule has 3 heterocycles. The first-order valence-electron chi connectivity index (χ1n) is 10.5. The van der Waals surface area contributed by atoms with Crippen LogP contribution in [0.2, 0.25) is 5.02 Å². The first kappa shape index (κ1) is 21.5. The summed E-state index contributed by atoms with van der Waals surface area (Å²) < 4.78 is 8.81. The molecule has 2 aromatic carbocycles. The second-order valence-corrected chi connectivity index (χ2v) is 8.91. The average molecular weight is 482 g/mol. The third-order valence-corrected chi connectivity index (χ3v) is 6.67. The molecule has 5 rings (SSSR count). The van der Waals surface area contributed by atoms with Crippen molar-refractivity contribution in [1.29, 1.82) is 0 Å². The molecule has 0 fully saturated rings. The summed E-state index contributed by atoms with van der Waals surface area (Å²) in [4.78, 5) is 30.8. The summed E-state index contributed by atoms with van der Waals surface area (Å²) in [7, 11) is 0. The number of ether oxygens (including phenoxy) is 1. The average Bonchev–Trinajstić information content (AvgIpc) is 3.41. The van der Waals surface area contributed by atoms with Crippen LogP contribution in [0.4, 0.5) is 5.69 Å². The van der Waals surface area contributed by atoms with Crippen molar-refractivity contribution in [1.82, 2.24) is 19.3 Å². The van der Waals surface area contributed by atoms with Crippen LogP contribution in [0.1, 0.15) is 19.4 Å². The van der Waals surface area contributed by atoms with Crippen LogP contribution in [0.3, 0.4) is 0 Å². The van der Waals surface area contributed by atoms with Crippen LogP contribution in [-0.4, -0.2) is 37.6 Å². The summed E-state index contributed by atoms with van der Waals surface area (Å²) >= 11 is 7.44. The Morgan fingerprint density at radius 3 is 2.82 bits per heavy atom. The van der Waals surface area contributed by atoms with Crippen LogP contribution in [0.5, 0.6) is 5.75 Å². The second-order valence-electron chi connectivity index (χ2n) is 7.49. The lowest BCUT2D eigenvalue weighted by Gasteiger charge is -2.15. The van der Waals surface area contributed by atoms with Gasteiger partial charge in [-0.1, -0.05) is 35.5 Å². The quantitative estimate of drug-likeness (QED) is 0.413. The normalized spacial score (nSPS) is 14.9. The highest BCUT2D eigenvalue weighted by Gasteiger charge is 2.29. The number of hydrogen-bond donors (Lipinski definition) is 1. The molecule has 1 atom stereocenters. The van der Waals surface area contributed by atoms with Crippen LogP contribution in [0.15, 0.2) is 64.7 Å². The van der Waals surface area contributed by atoms with Gasteiger partial charge in [-0.05, 0) is 43.3 Å². The van der Waals surface area contributed by atoms with Crippen molar-refractivity contribution in [2.75, 3.05) is 17.7 Å². The number of fused-ring (bicyclic) bond motifs is 2. The number of para-hydroxylation sites is 2. The van der Waals surface area contributed by atoms with Crippen LogP contribution in [0.25, 0.3) is 16.7 Å². The van der Waals surface area contributed by atoms with Gasteiger partial charge in [0.1, 0.15) is 11.1 Å². The summed E-state index contributed by atoms with van der Waals surface area (Å²) in [6.45, 7) is 2.39. The molecule has 1 aliphatic heterocycles. The minimum Gasteiger partial charge on any atom is -0.492 e. The third-order valence-electron chi connectivity index (χ3n) is 5.32. The molecular formula is C23H20ClN5O3S. The Labute approximate surface area is 198 Å². The minimum atomic E-state index is -0.299. The van der Waals surface area contributed by atoms with Gasteiger partial charge in [0.25, 0.3) is 5.56 Å². The van der Waals surface area contributed by atoms with Gasteiger partial charge in [-0.25, -0.2) is 9.67 Å². The van der Waals surface area contributed by atoms with E-state index in [1.807, 2.05) is 37.3 Å². The molecule has 1 amide bonds. The zero-order valence-electron chi connectivity index (χ0n) is 17.7. The Kier molecular flexibility index (Phi) is 5.82. The molecule has 4 aromatic rings. The topological polar surface area (TPSA) is 91.0 Å². The highest BCUT2D eigenvalue weighted by molar-refractivity contribution is 7.99. The second kappa shape index (κ2) is 8.92. The molecule has 0 saturated heterocycles. The maximum atomic E-state index is 13.3. The monoisotopic (exact) mass is 481 g/mol. The lowest BCUT2D eigenvalue weighted by atomic mass is 10.2. The first-order chi connectivity index (χ1) is 16.0. The minimum absolute atomic E-state index is 0.152. The lowest BCUT2D eigenvalue weighted by Crippen LogP contribution is -2.27. The smallest absolute Gasteiger partial charge is 0.265 e. The zero-order valence-corrected chi connectivity index (χ0v) is 19.3. The lowest BCUT2D eigenvalue weighted by molar-refractivity contribution is -0.116.